The Labute approximate surface area is 260 Å². The fourth-order valence-electron chi connectivity index (χ4n) is 6.67. The number of hydrogen-bond donors (Lipinski definition) is 1. The minimum absolute atomic E-state index is 0.140. The molecule has 44 heavy (non-hydrogen) atoms. The lowest BCUT2D eigenvalue weighted by Crippen LogP contribution is -2.42. The third kappa shape index (κ3) is 7.15. The summed E-state index contributed by atoms with van der Waals surface area (Å²) in [6.07, 6.45) is 3.96. The molecule has 2 fully saturated rings. The Hall–Kier alpha value is -3.72. The molecule has 0 spiro atoms. The normalized spacial score (nSPS) is 18.1. The van der Waals surface area contributed by atoms with Gasteiger partial charge in [-0.05, 0) is 66.6 Å². The first kappa shape index (κ1) is 30.3. The molecule has 6 rings (SSSR count). The van der Waals surface area contributed by atoms with Crippen molar-refractivity contribution in [1.29, 1.82) is 0 Å². The Balaban J connectivity index is 1.04. The Morgan fingerprint density at radius 1 is 1.00 bits per heavy atom. The summed E-state index contributed by atoms with van der Waals surface area (Å²) < 4.78 is 13.1. The molecule has 2 aliphatic rings. The number of carbonyl (C=O) groups excluding carboxylic acids is 1. The summed E-state index contributed by atoms with van der Waals surface area (Å²) in [5, 5.41) is 0. The van der Waals surface area contributed by atoms with Gasteiger partial charge >= 0.3 is 0 Å². The lowest BCUT2D eigenvalue weighted by molar-refractivity contribution is -0.132. The zero-order valence-electron chi connectivity index (χ0n) is 25.9. The molecule has 8 heteroatoms. The number of imidazole rings is 1. The van der Waals surface area contributed by atoms with E-state index in [9.17, 15) is 4.79 Å². The number of nitrogens with two attached hydrogens (primary N) is 1. The van der Waals surface area contributed by atoms with Crippen LogP contribution in [0, 0.1) is 0 Å². The second-order valence-corrected chi connectivity index (χ2v) is 12.1. The first-order valence-corrected chi connectivity index (χ1v) is 16.1. The Kier molecular flexibility index (Phi) is 9.90. The Bertz CT molecular complexity index is 1510. The minimum Gasteiger partial charge on any atom is -0.385 e. The second kappa shape index (κ2) is 14.4. The zero-order valence-corrected chi connectivity index (χ0v) is 25.9. The molecule has 0 radical (unpaired) electrons. The van der Waals surface area contributed by atoms with Gasteiger partial charge in [-0.15, -0.1) is 0 Å². The van der Waals surface area contributed by atoms with E-state index < -0.39 is 0 Å². The van der Waals surface area contributed by atoms with Gasteiger partial charge in [-0.25, -0.2) is 4.98 Å². The van der Waals surface area contributed by atoms with Gasteiger partial charge in [0.15, 0.2) is 0 Å². The van der Waals surface area contributed by atoms with Crippen molar-refractivity contribution in [3.63, 3.8) is 0 Å². The molecule has 1 aromatic heterocycles. The second-order valence-electron chi connectivity index (χ2n) is 12.1. The van der Waals surface area contributed by atoms with Crippen molar-refractivity contribution < 1.29 is 14.3 Å². The maximum Gasteiger partial charge on any atom is 0.224 e. The van der Waals surface area contributed by atoms with E-state index in [1.165, 1.54) is 16.8 Å². The monoisotopic (exact) mass is 595 g/mol. The van der Waals surface area contributed by atoms with Gasteiger partial charge < -0.3 is 29.6 Å². The van der Waals surface area contributed by atoms with E-state index in [0.717, 1.165) is 81.1 Å². The van der Waals surface area contributed by atoms with Crippen LogP contribution < -0.4 is 10.6 Å². The molecule has 2 aliphatic heterocycles. The number of anilines is 1. The number of aromatic nitrogens is 2. The van der Waals surface area contributed by atoms with E-state index in [-0.39, 0.29) is 17.9 Å². The smallest absolute Gasteiger partial charge is 0.224 e. The topological polar surface area (TPSA) is 85.8 Å². The zero-order chi connectivity index (χ0) is 30.3. The van der Waals surface area contributed by atoms with Crippen molar-refractivity contribution in [1.82, 2.24) is 14.5 Å². The molecule has 4 aromatic rings. The van der Waals surface area contributed by atoms with Gasteiger partial charge in [0.25, 0.3) is 0 Å². The van der Waals surface area contributed by atoms with Crippen LogP contribution in [0.3, 0.4) is 0 Å². The number of aryl methyl sites for hydroxylation is 1. The summed E-state index contributed by atoms with van der Waals surface area (Å²) in [6.45, 7) is 6.50. The van der Waals surface area contributed by atoms with Crippen molar-refractivity contribution in [2.45, 2.75) is 50.6 Å². The third-order valence-corrected chi connectivity index (χ3v) is 9.02. The van der Waals surface area contributed by atoms with Crippen LogP contribution in [0.5, 0.6) is 0 Å². The van der Waals surface area contributed by atoms with E-state index in [0.29, 0.717) is 26.0 Å². The lowest BCUT2D eigenvalue weighted by atomic mass is 9.95. The van der Waals surface area contributed by atoms with Crippen LogP contribution in [0.4, 0.5) is 5.69 Å². The maximum absolute atomic E-state index is 13.4. The predicted octanol–water partition coefficient (Wildman–Crippen LogP) is 5.24. The molecule has 3 heterocycles. The summed E-state index contributed by atoms with van der Waals surface area (Å²) in [5.74, 6) is 1.44. The summed E-state index contributed by atoms with van der Waals surface area (Å²) in [7, 11) is 1.74. The van der Waals surface area contributed by atoms with Crippen LogP contribution in [0.1, 0.15) is 43.0 Å². The number of piperidine rings is 1. The average Bonchev–Trinajstić information content (AvgIpc) is 3.44. The molecule has 1 amide bonds. The highest BCUT2D eigenvalue weighted by molar-refractivity contribution is 5.78. The summed E-state index contributed by atoms with van der Waals surface area (Å²) in [5.41, 5.74) is 13.5. The van der Waals surface area contributed by atoms with Crippen molar-refractivity contribution in [3.8, 4) is 11.1 Å². The van der Waals surface area contributed by atoms with Crippen LogP contribution in [-0.2, 0) is 27.2 Å². The van der Waals surface area contributed by atoms with Gasteiger partial charge in [0.1, 0.15) is 5.82 Å². The van der Waals surface area contributed by atoms with Gasteiger partial charge in [0, 0.05) is 70.5 Å². The summed E-state index contributed by atoms with van der Waals surface area (Å²) in [6, 6.07) is 25.4. The fraction of sp³-hybridized carbons (Fsp3) is 0.444. The molecule has 2 N–H and O–H groups in total. The van der Waals surface area contributed by atoms with Gasteiger partial charge in [-0.2, -0.15) is 0 Å². The maximum atomic E-state index is 13.4. The minimum atomic E-state index is -0.222. The highest BCUT2D eigenvalue weighted by Gasteiger charge is 2.29. The molecule has 8 nitrogen and oxygen atoms in total. The number of morpholine rings is 1. The number of amides is 1. The van der Waals surface area contributed by atoms with Crippen LogP contribution in [0.15, 0.2) is 72.8 Å². The molecular formula is C36H45N5O3. The Morgan fingerprint density at radius 3 is 2.48 bits per heavy atom. The van der Waals surface area contributed by atoms with E-state index in [4.69, 9.17) is 20.2 Å². The molecule has 0 aliphatic carbocycles. The molecule has 232 valence electrons. The molecule has 0 unspecified atom stereocenters. The average molecular weight is 596 g/mol. The summed E-state index contributed by atoms with van der Waals surface area (Å²) >= 11 is 0. The molecule has 0 bridgehead atoms. The number of methoxy groups -OCH3 is 1. The van der Waals surface area contributed by atoms with Gasteiger partial charge in [0.05, 0.1) is 24.2 Å². The number of hydrogen-bond acceptors (Lipinski definition) is 6. The molecule has 3 aromatic carbocycles. The fourth-order valence-corrected chi connectivity index (χ4v) is 6.67. The SMILES string of the molecule is COCCCn1c([C@@H]2CCCN(C(=O)C[C@H](N)Cc3ccc(-c4ccc(N5CCOCC5)cc4)cc3)C2)nc2ccccc21. The van der Waals surface area contributed by atoms with Gasteiger partial charge in [-0.1, -0.05) is 48.5 Å². The van der Waals surface area contributed by atoms with E-state index in [2.05, 4.69) is 76.2 Å². The van der Waals surface area contributed by atoms with Crippen LogP contribution in [-0.4, -0.2) is 79.5 Å². The van der Waals surface area contributed by atoms with Crippen molar-refractivity contribution in [3.05, 3.63) is 84.2 Å². The number of rotatable bonds is 11. The van der Waals surface area contributed by atoms with Crippen molar-refractivity contribution in [2.24, 2.45) is 5.73 Å². The van der Waals surface area contributed by atoms with Crippen LogP contribution >= 0.6 is 0 Å². The quantitative estimate of drug-likeness (QED) is 0.239. The predicted molar refractivity (Wildman–Crippen MR) is 176 cm³/mol. The number of fused-ring (bicyclic) bond motifs is 1. The van der Waals surface area contributed by atoms with Crippen LogP contribution in [0.25, 0.3) is 22.2 Å². The Morgan fingerprint density at radius 2 is 1.73 bits per heavy atom. The number of carbonyl (C=O) groups is 1. The van der Waals surface area contributed by atoms with Crippen molar-refractivity contribution >= 4 is 22.6 Å². The van der Waals surface area contributed by atoms with Gasteiger partial charge in [0.2, 0.25) is 5.91 Å². The van der Waals surface area contributed by atoms with E-state index in [1.807, 2.05) is 11.0 Å². The van der Waals surface area contributed by atoms with Gasteiger partial charge in [-0.3, -0.25) is 4.79 Å². The highest BCUT2D eigenvalue weighted by Crippen LogP contribution is 2.30. The summed E-state index contributed by atoms with van der Waals surface area (Å²) in [4.78, 5) is 22.8. The number of ether oxygens (including phenoxy) is 2. The molecular weight excluding hydrogens is 550 g/mol. The number of likely N-dealkylation sites (tertiary alicyclic amines) is 1. The van der Waals surface area contributed by atoms with Crippen LogP contribution in [0.2, 0.25) is 0 Å². The standard InChI is InChI=1S/C36H45N5O3/c1-43-21-5-18-41-34-8-3-2-7-33(34)38-36(41)30-6-4-17-40(26-30)35(42)25-31(37)24-27-9-11-28(12-10-27)29-13-15-32(16-14-29)39-19-22-44-23-20-39/h2-3,7-16,30-31H,4-6,17-26,37H2,1H3/t30-,31-/m1/s1. The largest absolute Gasteiger partial charge is 0.385 e. The third-order valence-electron chi connectivity index (χ3n) is 9.02. The van der Waals surface area contributed by atoms with E-state index >= 15 is 0 Å². The first-order valence-electron chi connectivity index (χ1n) is 16.1. The number of nitrogens with zero attached hydrogens (tertiary/aromatic N) is 4. The molecule has 2 saturated heterocycles. The van der Waals surface area contributed by atoms with Crippen molar-refractivity contribution in [2.75, 3.05) is 58.0 Å². The molecule has 2 atom stereocenters. The number of para-hydroxylation sites is 2. The number of benzene rings is 3. The first-order chi connectivity index (χ1) is 21.6. The van der Waals surface area contributed by atoms with E-state index in [1.54, 1.807) is 7.11 Å². The molecule has 0 saturated carbocycles. The lowest BCUT2D eigenvalue weighted by Gasteiger charge is -2.33. The highest BCUT2D eigenvalue weighted by atomic mass is 16.5.